The first-order valence-corrected chi connectivity index (χ1v) is 7.94. The van der Waals surface area contributed by atoms with Crippen molar-refractivity contribution in [1.29, 1.82) is 0 Å². The van der Waals surface area contributed by atoms with Crippen molar-refractivity contribution in [1.82, 2.24) is 0 Å². The minimum atomic E-state index is -1.04. The molecule has 0 aliphatic carbocycles. The maximum atomic E-state index is 10.5. The van der Waals surface area contributed by atoms with Crippen LogP contribution >= 0.6 is 0 Å². The Morgan fingerprint density at radius 2 is 1.92 bits per heavy atom. The third-order valence-corrected chi connectivity index (χ3v) is 3.78. The molecular weight excluding hydrogens is 302 g/mol. The van der Waals surface area contributed by atoms with Gasteiger partial charge in [0.05, 0.1) is 5.36 Å². The van der Waals surface area contributed by atoms with E-state index in [1.165, 1.54) is 0 Å². The monoisotopic (exact) mass is 320 g/mol. The van der Waals surface area contributed by atoms with Crippen LogP contribution in [-0.2, 0) is 4.79 Å². The van der Waals surface area contributed by atoms with Crippen molar-refractivity contribution in [2.75, 3.05) is 6.54 Å². The highest BCUT2D eigenvalue weighted by molar-refractivity contribution is 5.79. The van der Waals surface area contributed by atoms with Gasteiger partial charge in [0.25, 0.3) is 0 Å². The lowest BCUT2D eigenvalue weighted by Crippen LogP contribution is -2.21. The quantitative estimate of drug-likeness (QED) is 0.679. The molecule has 3 rings (SSSR count). The van der Waals surface area contributed by atoms with Gasteiger partial charge in [-0.2, -0.15) is 0 Å². The lowest BCUT2D eigenvalue weighted by Gasteiger charge is -2.06. The molecule has 0 radical (unpaired) electrons. The predicted octanol–water partition coefficient (Wildman–Crippen LogP) is 2.84. The summed E-state index contributed by atoms with van der Waals surface area (Å²) >= 11 is 0. The first-order valence-electron chi connectivity index (χ1n) is 7.94. The second-order valence-electron chi connectivity index (χ2n) is 5.72. The Labute approximate surface area is 140 Å². The summed E-state index contributed by atoms with van der Waals surface area (Å²) in [6.45, 7) is 2.46. The Morgan fingerprint density at radius 1 is 1.12 bits per heavy atom. The molecule has 0 fully saturated rings. The number of carbonyl (C=O) groups excluding carboxylic acids is 1. The zero-order valence-corrected chi connectivity index (χ0v) is 13.5. The molecular formula is C20H18NO3-. The van der Waals surface area contributed by atoms with Gasteiger partial charge in [-0.05, 0) is 31.9 Å². The van der Waals surface area contributed by atoms with Crippen LogP contribution in [0.1, 0.15) is 18.4 Å². The largest absolute Gasteiger partial charge is 0.550 e. The van der Waals surface area contributed by atoms with Crippen molar-refractivity contribution in [2.45, 2.75) is 19.8 Å². The van der Waals surface area contributed by atoms with Crippen molar-refractivity contribution in [3.8, 4) is 11.3 Å². The van der Waals surface area contributed by atoms with Crippen LogP contribution in [0, 0.1) is 6.92 Å². The maximum absolute atomic E-state index is 10.5. The Bertz CT molecular complexity index is 927. The average Bonchev–Trinajstić information content (AvgIpc) is 2.59. The van der Waals surface area contributed by atoms with Crippen LogP contribution in [0.15, 0.2) is 64.0 Å². The smallest absolute Gasteiger partial charge is 0.136 e. The number of hydrogen-bond donors (Lipinski definition) is 0. The summed E-state index contributed by atoms with van der Waals surface area (Å²) in [7, 11) is 0. The molecule has 0 aliphatic heterocycles. The van der Waals surface area contributed by atoms with Crippen molar-refractivity contribution in [3.63, 3.8) is 0 Å². The number of aryl methyl sites for hydroxylation is 1. The van der Waals surface area contributed by atoms with Crippen molar-refractivity contribution in [2.24, 2.45) is 4.99 Å². The van der Waals surface area contributed by atoms with Gasteiger partial charge in [-0.3, -0.25) is 4.99 Å². The van der Waals surface area contributed by atoms with Gasteiger partial charge in [0.2, 0.25) is 0 Å². The summed E-state index contributed by atoms with van der Waals surface area (Å²) in [4.78, 5) is 15.1. The third-order valence-electron chi connectivity index (χ3n) is 3.78. The molecule has 4 heteroatoms. The molecule has 0 bridgehead atoms. The molecule has 1 heterocycles. The fourth-order valence-electron chi connectivity index (χ4n) is 2.58. The van der Waals surface area contributed by atoms with E-state index < -0.39 is 5.97 Å². The number of carboxylic acids is 1. The molecule has 0 atom stereocenters. The molecule has 3 aromatic rings. The van der Waals surface area contributed by atoms with Gasteiger partial charge in [0.1, 0.15) is 11.3 Å². The van der Waals surface area contributed by atoms with Crippen LogP contribution in [0.3, 0.4) is 0 Å². The van der Waals surface area contributed by atoms with Crippen molar-refractivity contribution >= 4 is 16.9 Å². The van der Waals surface area contributed by atoms with E-state index in [4.69, 9.17) is 4.42 Å². The van der Waals surface area contributed by atoms with E-state index >= 15 is 0 Å². The molecule has 0 aliphatic rings. The lowest BCUT2D eigenvalue weighted by molar-refractivity contribution is -0.305. The first-order chi connectivity index (χ1) is 11.6. The molecule has 0 saturated heterocycles. The molecule has 0 N–H and O–H groups in total. The van der Waals surface area contributed by atoms with E-state index in [9.17, 15) is 9.90 Å². The summed E-state index contributed by atoms with van der Waals surface area (Å²) in [5, 5.41) is 12.3. The van der Waals surface area contributed by atoms with Gasteiger partial charge in [0.15, 0.2) is 0 Å². The molecule has 122 valence electrons. The number of fused-ring (bicyclic) bond motifs is 1. The Balaban J connectivity index is 2.08. The van der Waals surface area contributed by atoms with E-state index in [2.05, 4.69) is 4.99 Å². The van der Waals surface area contributed by atoms with Gasteiger partial charge < -0.3 is 14.3 Å². The summed E-state index contributed by atoms with van der Waals surface area (Å²) in [5.41, 5.74) is 2.86. The summed E-state index contributed by atoms with van der Waals surface area (Å²) < 4.78 is 6.02. The van der Waals surface area contributed by atoms with E-state index in [1.807, 2.05) is 61.5 Å². The van der Waals surface area contributed by atoms with E-state index in [0.717, 1.165) is 33.2 Å². The summed E-state index contributed by atoms with van der Waals surface area (Å²) in [6, 6.07) is 17.7. The van der Waals surface area contributed by atoms with Crippen LogP contribution in [-0.4, -0.2) is 12.5 Å². The van der Waals surface area contributed by atoms with E-state index in [1.54, 1.807) is 0 Å². The highest BCUT2D eigenvalue weighted by atomic mass is 16.4. The average molecular weight is 320 g/mol. The Hall–Kier alpha value is -2.88. The first kappa shape index (κ1) is 16.0. The molecule has 0 unspecified atom stereocenters. The second-order valence-corrected chi connectivity index (χ2v) is 5.72. The standard InChI is InChI=1S/C20H19NO3/c1-14-9-10-18-16(12-14)17(21-11-5-8-20(22)23)13-19(24-18)15-6-3-2-4-7-15/h2-4,6-7,9-10,12-13H,5,8,11H2,1H3,(H,22,23)/p-1. The Kier molecular flexibility index (Phi) is 4.75. The molecule has 2 aromatic carbocycles. The van der Waals surface area contributed by atoms with Gasteiger partial charge in [0, 0.05) is 29.5 Å². The minimum Gasteiger partial charge on any atom is -0.550 e. The normalized spacial score (nSPS) is 11.8. The molecule has 0 amide bonds. The molecule has 24 heavy (non-hydrogen) atoms. The number of nitrogens with zero attached hydrogens (tertiary/aromatic N) is 1. The molecule has 4 nitrogen and oxygen atoms in total. The molecule has 0 saturated carbocycles. The van der Waals surface area contributed by atoms with Crippen LogP contribution in [0.4, 0.5) is 0 Å². The van der Waals surface area contributed by atoms with E-state index in [-0.39, 0.29) is 6.42 Å². The molecule has 0 spiro atoms. The lowest BCUT2D eigenvalue weighted by atomic mass is 10.1. The van der Waals surface area contributed by atoms with Gasteiger partial charge >= 0.3 is 0 Å². The highest BCUT2D eigenvalue weighted by Crippen LogP contribution is 2.22. The van der Waals surface area contributed by atoms with Crippen LogP contribution < -0.4 is 10.5 Å². The van der Waals surface area contributed by atoms with Crippen molar-refractivity contribution < 1.29 is 14.3 Å². The second kappa shape index (κ2) is 7.13. The summed E-state index contributed by atoms with van der Waals surface area (Å²) in [5.74, 6) is -0.301. The van der Waals surface area contributed by atoms with Crippen LogP contribution in [0.5, 0.6) is 0 Å². The third kappa shape index (κ3) is 3.71. The summed E-state index contributed by atoms with van der Waals surface area (Å²) in [6.07, 6.45) is 0.478. The van der Waals surface area contributed by atoms with Gasteiger partial charge in [-0.25, -0.2) is 0 Å². The van der Waals surface area contributed by atoms with Crippen LogP contribution in [0.2, 0.25) is 0 Å². The topological polar surface area (TPSA) is 65.6 Å². The van der Waals surface area contributed by atoms with Crippen molar-refractivity contribution in [3.05, 3.63) is 65.5 Å². The number of aliphatic carboxylic acids is 1. The number of rotatable bonds is 5. The van der Waals surface area contributed by atoms with Gasteiger partial charge in [-0.1, -0.05) is 42.0 Å². The fourth-order valence-corrected chi connectivity index (χ4v) is 2.58. The van der Waals surface area contributed by atoms with Crippen LogP contribution in [0.25, 0.3) is 22.3 Å². The van der Waals surface area contributed by atoms with E-state index in [0.29, 0.717) is 13.0 Å². The van der Waals surface area contributed by atoms with Gasteiger partial charge in [-0.15, -0.1) is 0 Å². The minimum absolute atomic E-state index is 0.0171. The highest BCUT2D eigenvalue weighted by Gasteiger charge is 2.06. The Morgan fingerprint density at radius 3 is 2.67 bits per heavy atom. The number of benzene rings is 2. The SMILES string of the molecule is Cc1ccc2oc(-c3ccccc3)cc(=NCCCC(=O)[O-])c2c1. The number of carboxylic acid groups (broad SMARTS) is 1. The molecule has 1 aromatic heterocycles. The number of hydrogen-bond acceptors (Lipinski definition) is 4. The number of carbonyl (C=O) groups is 1. The fraction of sp³-hybridized carbons (Fsp3) is 0.200. The maximum Gasteiger partial charge on any atom is 0.136 e. The zero-order chi connectivity index (χ0) is 16.9. The predicted molar refractivity (Wildman–Crippen MR) is 91.1 cm³/mol. The zero-order valence-electron chi connectivity index (χ0n) is 13.5.